The molecule has 0 aromatic rings. The van der Waals surface area contributed by atoms with Gasteiger partial charge in [0.2, 0.25) is 0 Å². The lowest BCUT2D eigenvalue weighted by molar-refractivity contribution is -0.127. The number of rotatable bonds is 9. The maximum Gasteiger partial charge on any atom is 0.138 e. The molecule has 0 saturated carbocycles. The van der Waals surface area contributed by atoms with Crippen LogP contribution in [0.5, 0.6) is 0 Å². The Kier molecular flexibility index (Phi) is 8.39. The molecule has 0 aromatic heterocycles. The lowest BCUT2D eigenvalue weighted by atomic mass is 9.76. The first-order chi connectivity index (χ1) is 9.09. The van der Waals surface area contributed by atoms with Crippen LogP contribution in [-0.4, -0.2) is 5.78 Å². The monoisotopic (exact) mass is 280 g/mol. The second kappa shape index (κ2) is 8.64. The molecule has 0 aliphatic carbocycles. The van der Waals surface area contributed by atoms with E-state index in [1.165, 1.54) is 5.57 Å². The first kappa shape index (κ1) is 19.4. The van der Waals surface area contributed by atoms with E-state index in [0.29, 0.717) is 29.5 Å². The van der Waals surface area contributed by atoms with Gasteiger partial charge in [0.15, 0.2) is 0 Å². The number of allylic oxidation sites excluding steroid dienone is 1. The van der Waals surface area contributed by atoms with E-state index in [0.717, 1.165) is 12.8 Å². The number of ketones is 1. The number of carbonyl (C=O) groups is 1. The Hall–Kier alpha value is -0.590. The Bertz CT molecular complexity index is 278. The predicted octanol–water partition coefficient (Wildman–Crippen LogP) is 5.75. The minimum Gasteiger partial charge on any atom is -0.299 e. The van der Waals surface area contributed by atoms with Gasteiger partial charge < -0.3 is 0 Å². The van der Waals surface area contributed by atoms with Crippen molar-refractivity contribution >= 4 is 5.78 Å². The van der Waals surface area contributed by atoms with Crippen molar-refractivity contribution in [3.8, 4) is 0 Å². The molecule has 118 valence electrons. The van der Waals surface area contributed by atoms with E-state index in [9.17, 15) is 4.79 Å². The highest BCUT2D eigenvalue weighted by Crippen LogP contribution is 2.32. The smallest absolute Gasteiger partial charge is 0.138 e. The summed E-state index contributed by atoms with van der Waals surface area (Å²) in [6.07, 6.45) is 2.10. The van der Waals surface area contributed by atoms with E-state index in [4.69, 9.17) is 0 Å². The van der Waals surface area contributed by atoms with Crippen molar-refractivity contribution in [2.45, 2.75) is 68.2 Å². The van der Waals surface area contributed by atoms with E-state index in [1.807, 2.05) is 13.8 Å². The lowest BCUT2D eigenvalue weighted by Crippen LogP contribution is -2.26. The van der Waals surface area contributed by atoms with Gasteiger partial charge in [0.1, 0.15) is 5.78 Å². The third-order valence-electron chi connectivity index (χ3n) is 4.55. The molecule has 1 nitrogen and oxygen atoms in total. The summed E-state index contributed by atoms with van der Waals surface area (Å²) >= 11 is 0. The molecule has 0 amide bonds. The van der Waals surface area contributed by atoms with Crippen LogP contribution in [0.15, 0.2) is 12.2 Å². The Morgan fingerprint density at radius 2 is 1.15 bits per heavy atom. The number of hydrogen-bond donors (Lipinski definition) is 0. The molecule has 20 heavy (non-hydrogen) atoms. The van der Waals surface area contributed by atoms with Gasteiger partial charge in [-0.2, -0.15) is 0 Å². The van der Waals surface area contributed by atoms with E-state index >= 15 is 0 Å². The van der Waals surface area contributed by atoms with Crippen LogP contribution in [0, 0.1) is 35.5 Å². The molecule has 0 rings (SSSR count). The summed E-state index contributed by atoms with van der Waals surface area (Å²) in [7, 11) is 0. The highest BCUT2D eigenvalue weighted by molar-refractivity contribution is 5.82. The molecule has 0 bridgehead atoms. The standard InChI is InChI=1S/C19H36O/c1-12(2)16(9)17(13(3)4)10-11-18(14(5)6)19(20)15(7)8/h12-15,17-18H,9-11H2,1-8H3. The molecule has 2 unspecified atom stereocenters. The largest absolute Gasteiger partial charge is 0.299 e. The average molecular weight is 280 g/mol. The Morgan fingerprint density at radius 3 is 1.45 bits per heavy atom. The first-order valence-corrected chi connectivity index (χ1v) is 8.31. The van der Waals surface area contributed by atoms with Gasteiger partial charge in [-0.1, -0.05) is 67.5 Å². The molecule has 2 atom stereocenters. The molecule has 0 radical (unpaired) electrons. The topological polar surface area (TPSA) is 17.1 Å². The number of hydrogen-bond acceptors (Lipinski definition) is 1. The summed E-state index contributed by atoms with van der Waals surface area (Å²) < 4.78 is 0. The van der Waals surface area contributed by atoms with Crippen molar-refractivity contribution in [1.29, 1.82) is 0 Å². The minimum absolute atomic E-state index is 0.146. The van der Waals surface area contributed by atoms with Gasteiger partial charge in [-0.15, -0.1) is 0 Å². The van der Waals surface area contributed by atoms with Crippen molar-refractivity contribution in [1.82, 2.24) is 0 Å². The third-order valence-corrected chi connectivity index (χ3v) is 4.55. The summed E-state index contributed by atoms with van der Waals surface area (Å²) in [5.41, 5.74) is 1.35. The van der Waals surface area contributed by atoms with Crippen LogP contribution >= 0.6 is 0 Å². The fourth-order valence-corrected chi connectivity index (χ4v) is 2.97. The summed E-state index contributed by atoms with van der Waals surface area (Å²) in [6.45, 7) is 21.7. The molecule has 0 aliphatic rings. The van der Waals surface area contributed by atoms with Crippen LogP contribution in [0.3, 0.4) is 0 Å². The number of carbonyl (C=O) groups excluding carboxylic acids is 1. The Morgan fingerprint density at radius 1 is 0.750 bits per heavy atom. The zero-order valence-corrected chi connectivity index (χ0v) is 15.0. The lowest BCUT2D eigenvalue weighted by Gasteiger charge is -2.29. The maximum atomic E-state index is 12.3. The van der Waals surface area contributed by atoms with Gasteiger partial charge in [-0.05, 0) is 36.5 Å². The molecule has 0 heterocycles. The van der Waals surface area contributed by atoms with Gasteiger partial charge in [-0.25, -0.2) is 0 Å². The summed E-state index contributed by atoms with van der Waals surface area (Å²) in [5, 5.41) is 0. The Labute approximate surface area is 127 Å². The quantitative estimate of drug-likeness (QED) is 0.492. The molecule has 0 aliphatic heterocycles. The second-order valence-corrected chi connectivity index (χ2v) is 7.57. The fraction of sp³-hybridized carbons (Fsp3) is 0.842. The summed E-state index contributed by atoms with van der Waals surface area (Å²) in [6, 6.07) is 0. The fourth-order valence-electron chi connectivity index (χ4n) is 2.97. The van der Waals surface area contributed by atoms with Crippen LogP contribution in [0.4, 0.5) is 0 Å². The molecule has 0 fully saturated rings. The van der Waals surface area contributed by atoms with E-state index < -0.39 is 0 Å². The van der Waals surface area contributed by atoms with E-state index in [1.54, 1.807) is 0 Å². The van der Waals surface area contributed by atoms with Gasteiger partial charge in [0, 0.05) is 11.8 Å². The summed E-state index contributed by atoms with van der Waals surface area (Å²) in [5.74, 6) is 2.89. The average Bonchev–Trinajstić information content (AvgIpc) is 2.31. The van der Waals surface area contributed by atoms with Crippen LogP contribution in [0.25, 0.3) is 0 Å². The van der Waals surface area contributed by atoms with E-state index in [2.05, 4.69) is 48.1 Å². The predicted molar refractivity (Wildman–Crippen MR) is 89.7 cm³/mol. The molecule has 0 N–H and O–H groups in total. The Balaban J connectivity index is 4.81. The molecule has 1 heteroatoms. The molecule has 0 aromatic carbocycles. The van der Waals surface area contributed by atoms with Crippen LogP contribution in [0.1, 0.15) is 68.2 Å². The SMILES string of the molecule is C=C(C(C)C)C(CCC(C(=O)C(C)C)C(C)C)C(C)C. The van der Waals surface area contributed by atoms with Crippen molar-refractivity contribution < 1.29 is 4.79 Å². The van der Waals surface area contributed by atoms with E-state index in [-0.39, 0.29) is 11.8 Å². The van der Waals surface area contributed by atoms with Crippen LogP contribution in [-0.2, 0) is 4.79 Å². The first-order valence-electron chi connectivity index (χ1n) is 8.31. The zero-order chi connectivity index (χ0) is 16.0. The number of Topliss-reactive ketones (excluding diaryl/α,β-unsaturated/α-hetero) is 1. The van der Waals surface area contributed by atoms with Crippen molar-refractivity contribution in [2.75, 3.05) is 0 Å². The highest BCUT2D eigenvalue weighted by Gasteiger charge is 2.27. The normalized spacial score (nSPS) is 15.2. The van der Waals surface area contributed by atoms with Crippen molar-refractivity contribution in [2.24, 2.45) is 35.5 Å². The molecule has 0 spiro atoms. The second-order valence-electron chi connectivity index (χ2n) is 7.57. The molecular formula is C19H36O. The van der Waals surface area contributed by atoms with Gasteiger partial charge in [0.05, 0.1) is 0 Å². The van der Waals surface area contributed by atoms with Crippen LogP contribution in [0.2, 0.25) is 0 Å². The third kappa shape index (κ3) is 5.81. The van der Waals surface area contributed by atoms with Crippen molar-refractivity contribution in [3.05, 3.63) is 12.2 Å². The van der Waals surface area contributed by atoms with Crippen molar-refractivity contribution in [3.63, 3.8) is 0 Å². The van der Waals surface area contributed by atoms with Gasteiger partial charge in [-0.3, -0.25) is 4.79 Å². The molecular weight excluding hydrogens is 244 g/mol. The summed E-state index contributed by atoms with van der Waals surface area (Å²) in [4.78, 5) is 12.3. The van der Waals surface area contributed by atoms with Crippen LogP contribution < -0.4 is 0 Å². The maximum absolute atomic E-state index is 12.3. The highest BCUT2D eigenvalue weighted by atomic mass is 16.1. The zero-order valence-electron chi connectivity index (χ0n) is 15.0. The minimum atomic E-state index is 0.146. The van der Waals surface area contributed by atoms with Gasteiger partial charge >= 0.3 is 0 Å². The van der Waals surface area contributed by atoms with Gasteiger partial charge in [0.25, 0.3) is 0 Å². The molecule has 0 saturated heterocycles.